The van der Waals surface area contributed by atoms with Crippen LogP contribution in [-0.2, 0) is 9.53 Å². The van der Waals surface area contributed by atoms with E-state index < -0.39 is 17.7 Å². The van der Waals surface area contributed by atoms with Gasteiger partial charge in [0.15, 0.2) is 0 Å². The number of carbonyl (C=O) groups is 2. The van der Waals surface area contributed by atoms with Gasteiger partial charge in [0.1, 0.15) is 17.4 Å². The van der Waals surface area contributed by atoms with Gasteiger partial charge >= 0.3 is 6.09 Å². The first-order valence-corrected chi connectivity index (χ1v) is 8.01. The van der Waals surface area contributed by atoms with Crippen LogP contribution in [-0.4, -0.2) is 42.2 Å². The number of methoxy groups -OCH3 is 1. The summed E-state index contributed by atoms with van der Waals surface area (Å²) < 4.78 is 10.5. The summed E-state index contributed by atoms with van der Waals surface area (Å²) in [6.07, 6.45) is -0.143. The van der Waals surface area contributed by atoms with E-state index in [1.807, 2.05) is 0 Å². The number of nitrogen functional groups attached to an aromatic ring is 1. The number of nitrogens with two attached hydrogens (primary N) is 1. The Bertz CT molecular complexity index is 694. The van der Waals surface area contributed by atoms with Gasteiger partial charge in [-0.25, -0.2) is 4.79 Å². The zero-order valence-corrected chi connectivity index (χ0v) is 15.1. The van der Waals surface area contributed by atoms with Crippen LogP contribution in [0.3, 0.4) is 0 Å². The standard InChI is InChI=1S/C18H25N3O4/c1-11-8-15(21(10-11)17(23)25-18(2,3)4)16(22)20-14-7-6-12(24-5)9-13(14)19/h6-7,9,15H,1,8,10,19H2,2-5H3,(H,20,22). The molecule has 1 aliphatic heterocycles. The van der Waals surface area contributed by atoms with Gasteiger partial charge in [-0.05, 0) is 39.3 Å². The Morgan fingerprint density at radius 3 is 2.60 bits per heavy atom. The van der Waals surface area contributed by atoms with Crippen LogP contribution in [0, 0.1) is 0 Å². The zero-order chi connectivity index (χ0) is 18.8. The van der Waals surface area contributed by atoms with Gasteiger partial charge in [-0.15, -0.1) is 0 Å². The van der Waals surface area contributed by atoms with E-state index in [-0.39, 0.29) is 5.91 Å². The highest BCUT2D eigenvalue weighted by molar-refractivity contribution is 5.99. The molecule has 1 aliphatic rings. The molecule has 0 saturated carbocycles. The molecule has 0 aromatic heterocycles. The lowest BCUT2D eigenvalue weighted by Gasteiger charge is -2.27. The Balaban J connectivity index is 2.13. The second-order valence-electron chi connectivity index (χ2n) is 7.02. The van der Waals surface area contributed by atoms with Crippen LogP contribution in [0.5, 0.6) is 5.75 Å². The van der Waals surface area contributed by atoms with Crippen LogP contribution in [0.2, 0.25) is 0 Å². The van der Waals surface area contributed by atoms with Crippen LogP contribution >= 0.6 is 0 Å². The number of nitrogens with zero attached hydrogens (tertiary/aromatic N) is 1. The van der Waals surface area contributed by atoms with Crippen molar-refractivity contribution in [3.8, 4) is 5.75 Å². The number of ether oxygens (including phenoxy) is 2. The van der Waals surface area contributed by atoms with Crippen molar-refractivity contribution in [3.63, 3.8) is 0 Å². The van der Waals surface area contributed by atoms with Crippen LogP contribution < -0.4 is 15.8 Å². The van der Waals surface area contributed by atoms with Gasteiger partial charge in [-0.1, -0.05) is 12.2 Å². The minimum atomic E-state index is -0.677. The topological polar surface area (TPSA) is 93.9 Å². The van der Waals surface area contributed by atoms with Gasteiger partial charge in [0, 0.05) is 12.6 Å². The lowest BCUT2D eigenvalue weighted by Crippen LogP contribution is -2.45. The predicted molar refractivity (Wildman–Crippen MR) is 96.5 cm³/mol. The molecule has 2 rings (SSSR count). The third-order valence-electron chi connectivity index (χ3n) is 3.70. The first kappa shape index (κ1) is 18.6. The Labute approximate surface area is 147 Å². The van der Waals surface area contributed by atoms with Crippen LogP contribution in [0.4, 0.5) is 16.2 Å². The van der Waals surface area contributed by atoms with E-state index in [0.717, 1.165) is 5.57 Å². The number of nitrogens with one attached hydrogen (secondary N) is 1. The lowest BCUT2D eigenvalue weighted by molar-refractivity contribution is -0.120. The summed E-state index contributed by atoms with van der Waals surface area (Å²) in [6.45, 7) is 9.53. The number of hydrogen-bond donors (Lipinski definition) is 2. The zero-order valence-electron chi connectivity index (χ0n) is 15.1. The molecule has 0 aliphatic carbocycles. The summed E-state index contributed by atoms with van der Waals surface area (Å²) in [6, 6.07) is 4.30. The van der Waals surface area contributed by atoms with E-state index in [1.54, 1.807) is 39.0 Å². The molecule has 2 amide bonds. The molecule has 1 aromatic carbocycles. The van der Waals surface area contributed by atoms with Crippen molar-refractivity contribution < 1.29 is 19.1 Å². The third-order valence-corrected chi connectivity index (χ3v) is 3.70. The van der Waals surface area contributed by atoms with Crippen molar-refractivity contribution in [2.24, 2.45) is 0 Å². The van der Waals surface area contributed by atoms with E-state index in [0.29, 0.717) is 30.1 Å². The molecule has 0 bridgehead atoms. The summed E-state index contributed by atoms with van der Waals surface area (Å²) in [5, 5.41) is 2.76. The highest BCUT2D eigenvalue weighted by atomic mass is 16.6. The minimum Gasteiger partial charge on any atom is -0.497 e. The van der Waals surface area contributed by atoms with Crippen molar-refractivity contribution in [2.45, 2.75) is 38.8 Å². The third kappa shape index (κ3) is 4.65. The molecule has 1 aromatic rings. The van der Waals surface area contributed by atoms with Gasteiger partial charge < -0.3 is 20.5 Å². The van der Waals surface area contributed by atoms with Gasteiger partial charge in [-0.3, -0.25) is 9.69 Å². The van der Waals surface area contributed by atoms with Gasteiger partial charge in [0.05, 0.1) is 18.5 Å². The van der Waals surface area contributed by atoms with Crippen molar-refractivity contribution in [1.82, 2.24) is 4.90 Å². The second-order valence-corrected chi connectivity index (χ2v) is 7.02. The second kappa shape index (κ2) is 7.04. The fourth-order valence-corrected chi connectivity index (χ4v) is 2.54. The van der Waals surface area contributed by atoms with Gasteiger partial charge in [0.2, 0.25) is 5.91 Å². The Hall–Kier alpha value is -2.70. The van der Waals surface area contributed by atoms with Crippen molar-refractivity contribution in [3.05, 3.63) is 30.4 Å². The summed E-state index contributed by atoms with van der Waals surface area (Å²) in [5.41, 5.74) is 6.94. The molecule has 7 nitrogen and oxygen atoms in total. The number of amides is 2. The number of hydrogen-bond acceptors (Lipinski definition) is 5. The number of likely N-dealkylation sites (tertiary alicyclic amines) is 1. The monoisotopic (exact) mass is 347 g/mol. The smallest absolute Gasteiger partial charge is 0.411 e. The Morgan fingerprint density at radius 2 is 2.04 bits per heavy atom. The molecule has 1 unspecified atom stereocenters. The Morgan fingerprint density at radius 1 is 1.36 bits per heavy atom. The fourth-order valence-electron chi connectivity index (χ4n) is 2.54. The van der Waals surface area contributed by atoms with Crippen LogP contribution in [0.1, 0.15) is 27.2 Å². The van der Waals surface area contributed by atoms with Gasteiger partial charge in [0.25, 0.3) is 0 Å². The molecule has 0 spiro atoms. The lowest BCUT2D eigenvalue weighted by atomic mass is 10.1. The molecule has 25 heavy (non-hydrogen) atoms. The number of rotatable bonds is 3. The largest absolute Gasteiger partial charge is 0.497 e. The van der Waals surface area contributed by atoms with E-state index in [1.165, 1.54) is 12.0 Å². The number of carbonyl (C=O) groups excluding carboxylic acids is 2. The van der Waals surface area contributed by atoms with E-state index in [2.05, 4.69) is 11.9 Å². The molecular weight excluding hydrogens is 322 g/mol. The molecule has 0 radical (unpaired) electrons. The first-order chi connectivity index (χ1) is 11.6. The van der Waals surface area contributed by atoms with E-state index >= 15 is 0 Å². The molecule has 7 heteroatoms. The first-order valence-electron chi connectivity index (χ1n) is 8.01. The predicted octanol–water partition coefficient (Wildman–Crippen LogP) is 2.78. The molecular formula is C18H25N3O4. The molecule has 1 atom stereocenters. The highest BCUT2D eigenvalue weighted by Gasteiger charge is 2.38. The summed E-state index contributed by atoms with van der Waals surface area (Å²) >= 11 is 0. The molecule has 1 heterocycles. The Kier molecular flexibility index (Phi) is 5.25. The average molecular weight is 347 g/mol. The van der Waals surface area contributed by atoms with Crippen LogP contribution in [0.25, 0.3) is 0 Å². The van der Waals surface area contributed by atoms with Crippen LogP contribution in [0.15, 0.2) is 30.4 Å². The number of benzene rings is 1. The maximum Gasteiger partial charge on any atom is 0.411 e. The van der Waals surface area contributed by atoms with Crippen molar-refractivity contribution >= 4 is 23.4 Å². The molecule has 1 fully saturated rings. The maximum absolute atomic E-state index is 12.7. The van der Waals surface area contributed by atoms with Gasteiger partial charge in [-0.2, -0.15) is 0 Å². The van der Waals surface area contributed by atoms with Crippen molar-refractivity contribution in [2.75, 3.05) is 24.7 Å². The molecule has 136 valence electrons. The quantitative estimate of drug-likeness (QED) is 0.648. The summed E-state index contributed by atoms with van der Waals surface area (Å²) in [4.78, 5) is 26.4. The maximum atomic E-state index is 12.7. The normalized spacial score (nSPS) is 17.4. The fraction of sp³-hybridized carbons (Fsp3) is 0.444. The molecule has 1 saturated heterocycles. The highest BCUT2D eigenvalue weighted by Crippen LogP contribution is 2.28. The molecule has 3 N–H and O–H groups in total. The average Bonchev–Trinajstić information content (AvgIpc) is 2.90. The SMILES string of the molecule is C=C1CC(C(=O)Nc2ccc(OC)cc2N)N(C(=O)OC(C)(C)C)C1. The minimum absolute atomic E-state index is 0.297. The summed E-state index contributed by atoms with van der Waals surface area (Å²) in [7, 11) is 1.54. The van der Waals surface area contributed by atoms with E-state index in [4.69, 9.17) is 15.2 Å². The number of anilines is 2. The van der Waals surface area contributed by atoms with E-state index in [9.17, 15) is 9.59 Å². The summed E-state index contributed by atoms with van der Waals surface area (Å²) in [5.74, 6) is 0.265. The van der Waals surface area contributed by atoms with Crippen molar-refractivity contribution in [1.29, 1.82) is 0 Å².